The maximum Gasteiger partial charge on any atom is 0.0623 e. The number of hydrogen-bond donors (Lipinski definition) is 0. The van der Waals surface area contributed by atoms with E-state index in [1.807, 2.05) is 0 Å². The van der Waals surface area contributed by atoms with Gasteiger partial charge in [0.15, 0.2) is 0 Å². The van der Waals surface area contributed by atoms with E-state index < -0.39 is 0 Å². The van der Waals surface area contributed by atoms with E-state index in [2.05, 4.69) is 27.7 Å². The highest BCUT2D eigenvalue weighted by atomic mass is 16.5. The Hall–Kier alpha value is -0.0400. The Balaban J connectivity index is 3.09. The van der Waals surface area contributed by atoms with Crippen LogP contribution in [0.5, 0.6) is 0 Å². The van der Waals surface area contributed by atoms with E-state index in [1.165, 1.54) is 57.8 Å². The molecule has 104 valence electrons. The van der Waals surface area contributed by atoms with E-state index in [-0.39, 0.29) is 5.60 Å². The van der Waals surface area contributed by atoms with Crippen LogP contribution in [0.15, 0.2) is 0 Å². The molecule has 17 heavy (non-hydrogen) atoms. The lowest BCUT2D eigenvalue weighted by molar-refractivity contribution is -0.0216. The van der Waals surface area contributed by atoms with E-state index in [0.717, 1.165) is 13.0 Å². The van der Waals surface area contributed by atoms with Gasteiger partial charge in [0.25, 0.3) is 0 Å². The molecule has 1 nitrogen and oxygen atoms in total. The molecule has 0 spiro atoms. The van der Waals surface area contributed by atoms with Crippen molar-refractivity contribution in [2.45, 2.75) is 97.5 Å². The van der Waals surface area contributed by atoms with Gasteiger partial charge in [-0.3, -0.25) is 0 Å². The van der Waals surface area contributed by atoms with Gasteiger partial charge in [-0.05, 0) is 26.7 Å². The van der Waals surface area contributed by atoms with E-state index in [0.29, 0.717) is 0 Å². The first-order chi connectivity index (χ1) is 8.12. The van der Waals surface area contributed by atoms with Gasteiger partial charge in [0.1, 0.15) is 0 Å². The fourth-order valence-corrected chi connectivity index (χ4v) is 1.86. The number of rotatable bonds is 12. The Bertz CT molecular complexity index is 152. The fraction of sp³-hybridized carbons (Fsp3) is 1.00. The van der Waals surface area contributed by atoms with Gasteiger partial charge < -0.3 is 4.74 Å². The number of unbranched alkanes of at least 4 members (excludes halogenated alkanes) is 8. The van der Waals surface area contributed by atoms with Crippen LogP contribution >= 0.6 is 0 Å². The molecule has 0 amide bonds. The topological polar surface area (TPSA) is 9.23 Å². The summed E-state index contributed by atoms with van der Waals surface area (Å²) >= 11 is 0. The molecule has 0 aliphatic carbocycles. The molecule has 0 radical (unpaired) electrons. The fourth-order valence-electron chi connectivity index (χ4n) is 1.86. The summed E-state index contributed by atoms with van der Waals surface area (Å²) in [6.45, 7) is 9.77. The van der Waals surface area contributed by atoms with Gasteiger partial charge in [0, 0.05) is 6.61 Å². The highest BCUT2D eigenvalue weighted by Gasteiger charge is 2.13. The van der Waals surface area contributed by atoms with Crippen LogP contribution in [0.1, 0.15) is 91.9 Å². The van der Waals surface area contributed by atoms with Crippen LogP contribution in [0.4, 0.5) is 0 Å². The first kappa shape index (κ1) is 17.0. The Kier molecular flexibility index (Phi) is 11.0. The van der Waals surface area contributed by atoms with Crippen LogP contribution in [0.3, 0.4) is 0 Å². The monoisotopic (exact) mass is 242 g/mol. The van der Waals surface area contributed by atoms with Crippen molar-refractivity contribution in [2.24, 2.45) is 0 Å². The van der Waals surface area contributed by atoms with Crippen molar-refractivity contribution in [1.29, 1.82) is 0 Å². The summed E-state index contributed by atoms with van der Waals surface area (Å²) in [7, 11) is 0. The first-order valence-electron chi connectivity index (χ1n) is 7.76. The Morgan fingerprint density at radius 3 is 1.65 bits per heavy atom. The van der Waals surface area contributed by atoms with Crippen LogP contribution in [0.2, 0.25) is 0 Å². The molecule has 0 aromatic heterocycles. The maximum atomic E-state index is 5.84. The zero-order valence-electron chi connectivity index (χ0n) is 12.7. The van der Waals surface area contributed by atoms with Crippen molar-refractivity contribution in [3.05, 3.63) is 0 Å². The molecule has 0 saturated carbocycles. The van der Waals surface area contributed by atoms with Crippen molar-refractivity contribution in [3.8, 4) is 0 Å². The summed E-state index contributed by atoms with van der Waals surface area (Å²) in [5.41, 5.74) is 0.0835. The molecule has 0 rings (SSSR count). The molecule has 0 aliphatic rings. The second kappa shape index (κ2) is 11.1. The van der Waals surface area contributed by atoms with E-state index >= 15 is 0 Å². The van der Waals surface area contributed by atoms with Crippen LogP contribution in [0, 0.1) is 0 Å². The second-order valence-electron chi connectivity index (χ2n) is 5.79. The van der Waals surface area contributed by atoms with Crippen LogP contribution < -0.4 is 0 Å². The molecule has 0 bridgehead atoms. The predicted molar refractivity (Wildman–Crippen MR) is 77.5 cm³/mol. The molecule has 0 atom stereocenters. The number of hydrogen-bond acceptors (Lipinski definition) is 1. The summed E-state index contributed by atoms with van der Waals surface area (Å²) < 4.78 is 5.84. The highest BCUT2D eigenvalue weighted by Crippen LogP contribution is 2.15. The van der Waals surface area contributed by atoms with Crippen LogP contribution in [-0.4, -0.2) is 12.2 Å². The summed E-state index contributed by atoms with van der Waals surface area (Å²) in [6, 6.07) is 0. The zero-order chi connectivity index (χ0) is 13.0. The molecule has 0 unspecified atom stereocenters. The van der Waals surface area contributed by atoms with Crippen molar-refractivity contribution in [2.75, 3.05) is 6.61 Å². The number of ether oxygens (including phenoxy) is 1. The van der Waals surface area contributed by atoms with Crippen LogP contribution in [0.25, 0.3) is 0 Å². The van der Waals surface area contributed by atoms with Gasteiger partial charge in [-0.1, -0.05) is 65.2 Å². The van der Waals surface area contributed by atoms with Crippen LogP contribution in [-0.2, 0) is 4.74 Å². The van der Waals surface area contributed by atoms with Crippen molar-refractivity contribution < 1.29 is 4.74 Å². The highest BCUT2D eigenvalue weighted by molar-refractivity contribution is 4.64. The normalized spacial score (nSPS) is 12.0. The predicted octanol–water partition coefficient (Wildman–Crippen LogP) is 5.72. The van der Waals surface area contributed by atoms with Crippen molar-refractivity contribution in [3.63, 3.8) is 0 Å². The lowest BCUT2D eigenvalue weighted by Crippen LogP contribution is -2.23. The van der Waals surface area contributed by atoms with Gasteiger partial charge >= 0.3 is 0 Å². The molecule has 0 aromatic carbocycles. The minimum Gasteiger partial charge on any atom is -0.376 e. The van der Waals surface area contributed by atoms with Crippen molar-refractivity contribution in [1.82, 2.24) is 0 Å². The van der Waals surface area contributed by atoms with Gasteiger partial charge in [-0.25, -0.2) is 0 Å². The van der Waals surface area contributed by atoms with E-state index in [4.69, 9.17) is 4.74 Å². The maximum absolute atomic E-state index is 5.84. The molecule has 0 saturated heterocycles. The average Bonchev–Trinajstić information content (AvgIpc) is 2.31. The standard InChI is InChI=1S/C16H34O/c1-5-7-8-9-10-11-12-13-14-15-17-16(3,4)6-2/h5-15H2,1-4H3. The lowest BCUT2D eigenvalue weighted by Gasteiger charge is -2.23. The Morgan fingerprint density at radius 2 is 1.18 bits per heavy atom. The van der Waals surface area contributed by atoms with Gasteiger partial charge in [-0.2, -0.15) is 0 Å². The molecule has 0 aromatic rings. The minimum absolute atomic E-state index is 0.0835. The minimum atomic E-state index is 0.0835. The third kappa shape index (κ3) is 12.2. The van der Waals surface area contributed by atoms with Gasteiger partial charge in [0.05, 0.1) is 5.60 Å². The Labute approximate surface area is 109 Å². The summed E-state index contributed by atoms with van der Waals surface area (Å²) in [5.74, 6) is 0. The molecule has 1 heteroatoms. The van der Waals surface area contributed by atoms with Gasteiger partial charge in [-0.15, -0.1) is 0 Å². The van der Waals surface area contributed by atoms with E-state index in [9.17, 15) is 0 Å². The molecular formula is C16H34O. The molecule has 0 N–H and O–H groups in total. The third-order valence-electron chi connectivity index (χ3n) is 3.59. The van der Waals surface area contributed by atoms with E-state index in [1.54, 1.807) is 0 Å². The zero-order valence-corrected chi connectivity index (χ0v) is 12.7. The second-order valence-corrected chi connectivity index (χ2v) is 5.79. The molecule has 0 heterocycles. The SMILES string of the molecule is CCCCCCCCCCCOC(C)(C)CC. The summed E-state index contributed by atoms with van der Waals surface area (Å²) in [5, 5.41) is 0. The molecule has 0 aliphatic heterocycles. The molecular weight excluding hydrogens is 208 g/mol. The summed E-state index contributed by atoms with van der Waals surface area (Å²) in [4.78, 5) is 0. The largest absolute Gasteiger partial charge is 0.376 e. The first-order valence-corrected chi connectivity index (χ1v) is 7.76. The molecule has 0 fully saturated rings. The van der Waals surface area contributed by atoms with Crippen molar-refractivity contribution >= 4 is 0 Å². The quantitative estimate of drug-likeness (QED) is 0.397. The Morgan fingerprint density at radius 1 is 0.706 bits per heavy atom. The lowest BCUT2D eigenvalue weighted by atomic mass is 10.1. The average molecular weight is 242 g/mol. The van der Waals surface area contributed by atoms with Gasteiger partial charge in [0.2, 0.25) is 0 Å². The summed E-state index contributed by atoms with van der Waals surface area (Å²) in [6.07, 6.45) is 13.6. The third-order valence-corrected chi connectivity index (χ3v) is 3.59. The smallest absolute Gasteiger partial charge is 0.0623 e.